The van der Waals surface area contributed by atoms with E-state index in [1.165, 1.54) is 6.08 Å². The van der Waals surface area contributed by atoms with Crippen LogP contribution in [0.4, 0.5) is 0 Å². The molecular formula is C3H11NO4S2. The number of hydrogen-bond acceptors (Lipinski definition) is 4. The van der Waals surface area contributed by atoms with Gasteiger partial charge in [-0.05, 0) is 0 Å². The molecule has 0 saturated heterocycles. The predicted octanol–water partition coefficient (Wildman–Crippen LogP) is 0.267. The van der Waals surface area contributed by atoms with E-state index in [0.29, 0.717) is 0 Å². The van der Waals surface area contributed by atoms with Crippen LogP contribution in [0, 0.1) is 0 Å². The number of hydrogen-bond donors (Lipinski definition) is 2. The van der Waals surface area contributed by atoms with Gasteiger partial charge in [0.2, 0.25) is 0 Å². The lowest BCUT2D eigenvalue weighted by Crippen LogP contribution is -2.02. The summed E-state index contributed by atoms with van der Waals surface area (Å²) in [5.74, 6) is 0. The number of rotatable bonds is 3. The Balaban J connectivity index is -0.000000245. The Morgan fingerprint density at radius 1 is 1.60 bits per heavy atom. The van der Waals surface area contributed by atoms with E-state index in [-0.39, 0.29) is 26.3 Å². The minimum atomic E-state index is -4.26. The lowest BCUT2D eigenvalue weighted by molar-refractivity contribution is 0.296. The van der Waals surface area contributed by atoms with Crippen LogP contribution in [-0.4, -0.2) is 19.6 Å². The zero-order valence-electron chi connectivity index (χ0n) is 5.28. The smallest absolute Gasteiger partial charge is 0.344 e. The maximum atomic E-state index is 9.68. The molecule has 0 bridgehead atoms. The van der Waals surface area contributed by atoms with E-state index in [9.17, 15) is 8.42 Å². The first kappa shape index (κ1) is 16.5. The van der Waals surface area contributed by atoms with E-state index in [4.69, 9.17) is 4.55 Å². The molecule has 7 heteroatoms. The zero-order chi connectivity index (χ0) is 6.62. The van der Waals surface area contributed by atoms with Gasteiger partial charge in [0.15, 0.2) is 0 Å². The third-order valence-electron chi connectivity index (χ3n) is 0.335. The van der Waals surface area contributed by atoms with Gasteiger partial charge >= 0.3 is 10.4 Å². The average molecular weight is 189 g/mol. The topological polar surface area (TPSA) is 98.6 Å². The molecule has 0 saturated carbocycles. The molecule has 0 unspecified atom stereocenters. The van der Waals surface area contributed by atoms with Gasteiger partial charge in [0, 0.05) is 0 Å². The highest BCUT2D eigenvalue weighted by Gasteiger charge is 1.99. The molecule has 64 valence electrons. The van der Waals surface area contributed by atoms with Gasteiger partial charge in [-0.25, -0.2) is 4.18 Å². The molecule has 0 rings (SSSR count). The average Bonchev–Trinajstić information content (AvgIpc) is 1.59. The van der Waals surface area contributed by atoms with Crippen molar-refractivity contribution in [2.24, 2.45) is 0 Å². The second kappa shape index (κ2) is 7.03. The van der Waals surface area contributed by atoms with Gasteiger partial charge in [-0.1, -0.05) is 6.08 Å². The molecule has 0 aliphatic carbocycles. The van der Waals surface area contributed by atoms with Crippen molar-refractivity contribution < 1.29 is 17.2 Å². The lowest BCUT2D eigenvalue weighted by Gasteiger charge is -1.90. The predicted molar refractivity (Wildman–Crippen MR) is 43.1 cm³/mol. The van der Waals surface area contributed by atoms with E-state index in [0.717, 1.165) is 0 Å². The SMILES string of the molecule is C=CCOS(=O)(=O)O.N.S. The van der Waals surface area contributed by atoms with Gasteiger partial charge in [0.25, 0.3) is 0 Å². The maximum absolute atomic E-state index is 9.68. The third-order valence-corrected chi connectivity index (χ3v) is 0.769. The molecule has 0 aromatic rings. The summed E-state index contributed by atoms with van der Waals surface area (Å²) in [5.41, 5.74) is 0. The molecular weight excluding hydrogens is 178 g/mol. The summed E-state index contributed by atoms with van der Waals surface area (Å²) in [5, 5.41) is 0. The van der Waals surface area contributed by atoms with Crippen LogP contribution in [0.5, 0.6) is 0 Å². The van der Waals surface area contributed by atoms with Gasteiger partial charge in [-0.2, -0.15) is 21.9 Å². The first-order valence-corrected chi connectivity index (χ1v) is 3.15. The summed E-state index contributed by atoms with van der Waals surface area (Å²) in [6.45, 7) is 2.97. The van der Waals surface area contributed by atoms with Crippen LogP contribution in [0.2, 0.25) is 0 Å². The quantitative estimate of drug-likeness (QED) is 0.490. The van der Waals surface area contributed by atoms with Crippen molar-refractivity contribution in [2.75, 3.05) is 6.61 Å². The Morgan fingerprint density at radius 2 is 2.00 bits per heavy atom. The highest BCUT2D eigenvalue weighted by Crippen LogP contribution is 1.83. The second-order valence-corrected chi connectivity index (χ2v) is 2.09. The largest absolute Gasteiger partial charge is 0.397 e. The minimum absolute atomic E-state index is 0. The zero-order valence-corrected chi connectivity index (χ0v) is 7.10. The molecule has 10 heavy (non-hydrogen) atoms. The Hall–Kier alpha value is -0.0800. The molecule has 0 aromatic carbocycles. The normalized spacial score (nSPS) is 8.90. The van der Waals surface area contributed by atoms with Crippen molar-refractivity contribution in [3.05, 3.63) is 12.7 Å². The molecule has 4 N–H and O–H groups in total. The van der Waals surface area contributed by atoms with E-state index in [2.05, 4.69) is 10.8 Å². The van der Waals surface area contributed by atoms with Crippen LogP contribution in [0.1, 0.15) is 0 Å². The van der Waals surface area contributed by atoms with Crippen LogP contribution in [0.25, 0.3) is 0 Å². The van der Waals surface area contributed by atoms with E-state index in [1.54, 1.807) is 0 Å². The minimum Gasteiger partial charge on any atom is -0.344 e. The molecule has 0 radical (unpaired) electrons. The first-order valence-electron chi connectivity index (χ1n) is 1.79. The fourth-order valence-corrected chi connectivity index (χ4v) is 0.402. The summed E-state index contributed by atoms with van der Waals surface area (Å²) in [6.07, 6.45) is 1.22. The fraction of sp³-hybridized carbons (Fsp3) is 0.333. The highest BCUT2D eigenvalue weighted by atomic mass is 32.3. The Bertz CT molecular complexity index is 163. The Morgan fingerprint density at radius 3 is 2.10 bits per heavy atom. The third kappa shape index (κ3) is 15.7. The second-order valence-electron chi connectivity index (χ2n) is 1.00. The molecule has 0 aliphatic rings. The molecule has 0 heterocycles. The maximum Gasteiger partial charge on any atom is 0.397 e. The highest BCUT2D eigenvalue weighted by molar-refractivity contribution is 7.80. The first-order chi connectivity index (χ1) is 3.56. The molecule has 0 aromatic heterocycles. The van der Waals surface area contributed by atoms with Crippen molar-refractivity contribution in [1.29, 1.82) is 0 Å². The molecule has 0 amide bonds. The van der Waals surface area contributed by atoms with E-state index in [1.807, 2.05) is 0 Å². The van der Waals surface area contributed by atoms with Gasteiger partial charge < -0.3 is 6.15 Å². The van der Waals surface area contributed by atoms with Crippen molar-refractivity contribution >= 4 is 23.9 Å². The molecule has 0 aliphatic heterocycles. The van der Waals surface area contributed by atoms with Crippen molar-refractivity contribution in [1.82, 2.24) is 6.15 Å². The van der Waals surface area contributed by atoms with Crippen LogP contribution in [-0.2, 0) is 14.6 Å². The lowest BCUT2D eigenvalue weighted by atomic mass is 10.7. The Kier molecular flexibility index (Phi) is 11.6. The van der Waals surface area contributed by atoms with Gasteiger partial charge in [0.05, 0.1) is 6.61 Å². The summed E-state index contributed by atoms with van der Waals surface area (Å²) >= 11 is 0. The van der Waals surface area contributed by atoms with Crippen LogP contribution in [0.3, 0.4) is 0 Å². The summed E-state index contributed by atoms with van der Waals surface area (Å²) < 4.78 is 31.0. The summed E-state index contributed by atoms with van der Waals surface area (Å²) in [4.78, 5) is 0. The molecule has 5 nitrogen and oxygen atoms in total. The van der Waals surface area contributed by atoms with Crippen molar-refractivity contribution in [3.63, 3.8) is 0 Å². The monoisotopic (exact) mass is 189 g/mol. The fourth-order valence-electron chi connectivity index (χ4n) is 0.134. The van der Waals surface area contributed by atoms with Crippen LogP contribution < -0.4 is 6.15 Å². The van der Waals surface area contributed by atoms with Crippen molar-refractivity contribution in [2.45, 2.75) is 0 Å². The van der Waals surface area contributed by atoms with Crippen molar-refractivity contribution in [3.8, 4) is 0 Å². The molecule has 0 fully saturated rings. The summed E-state index contributed by atoms with van der Waals surface area (Å²) in [7, 11) is -4.26. The molecule has 0 atom stereocenters. The summed E-state index contributed by atoms with van der Waals surface area (Å²) in [6, 6.07) is 0. The van der Waals surface area contributed by atoms with E-state index < -0.39 is 10.4 Å². The van der Waals surface area contributed by atoms with Gasteiger partial charge in [-0.3, -0.25) is 4.55 Å². The standard InChI is InChI=1S/C3H6O4S.H3N.H2S/c1-2-3-7-8(4,5)6;;/h2H,1,3H2,(H,4,5,6);1H3;1H2. The van der Waals surface area contributed by atoms with E-state index >= 15 is 0 Å². The van der Waals surface area contributed by atoms with Crippen LogP contribution in [0.15, 0.2) is 12.7 Å². The molecule has 0 spiro atoms. The van der Waals surface area contributed by atoms with Crippen LogP contribution >= 0.6 is 13.5 Å². The van der Waals surface area contributed by atoms with Gasteiger partial charge in [-0.15, -0.1) is 6.58 Å². The Labute approximate surface area is 67.1 Å². The van der Waals surface area contributed by atoms with Gasteiger partial charge in [0.1, 0.15) is 0 Å².